The standard InChI is InChI=1S/C12H18FNO/c1-5-14(4)12-6-8(2)11(13)7-10(12)9(3)15/h6-7,9,15H,5H2,1-4H3/t9-/m1/s1. The van der Waals surface area contributed by atoms with Crippen molar-refractivity contribution in [3.63, 3.8) is 0 Å². The van der Waals surface area contributed by atoms with Crippen LogP contribution >= 0.6 is 0 Å². The third-order valence-electron chi connectivity index (χ3n) is 2.64. The number of hydrogen-bond acceptors (Lipinski definition) is 2. The van der Waals surface area contributed by atoms with Crippen molar-refractivity contribution in [3.8, 4) is 0 Å². The molecule has 0 radical (unpaired) electrons. The molecule has 1 atom stereocenters. The molecule has 0 bridgehead atoms. The maximum Gasteiger partial charge on any atom is 0.126 e. The van der Waals surface area contributed by atoms with Crippen molar-refractivity contribution >= 4 is 5.69 Å². The second-order valence-electron chi connectivity index (χ2n) is 3.85. The van der Waals surface area contributed by atoms with Crippen LogP contribution in [0.15, 0.2) is 12.1 Å². The summed E-state index contributed by atoms with van der Waals surface area (Å²) in [5, 5.41) is 9.57. The highest BCUT2D eigenvalue weighted by Gasteiger charge is 2.13. The Hall–Kier alpha value is -1.09. The van der Waals surface area contributed by atoms with Gasteiger partial charge < -0.3 is 10.0 Å². The van der Waals surface area contributed by atoms with Gasteiger partial charge in [-0.15, -0.1) is 0 Å². The topological polar surface area (TPSA) is 23.5 Å². The van der Waals surface area contributed by atoms with Crippen molar-refractivity contribution in [2.75, 3.05) is 18.5 Å². The first-order chi connectivity index (χ1) is 6.97. The lowest BCUT2D eigenvalue weighted by atomic mass is 10.0. The summed E-state index contributed by atoms with van der Waals surface area (Å²) in [5.41, 5.74) is 2.14. The molecule has 0 aliphatic rings. The number of anilines is 1. The van der Waals surface area contributed by atoms with Gasteiger partial charge in [-0.3, -0.25) is 0 Å². The normalized spacial score (nSPS) is 12.7. The van der Waals surface area contributed by atoms with E-state index >= 15 is 0 Å². The van der Waals surface area contributed by atoms with Gasteiger partial charge in [-0.1, -0.05) is 0 Å². The van der Waals surface area contributed by atoms with Crippen molar-refractivity contribution in [1.29, 1.82) is 0 Å². The van der Waals surface area contributed by atoms with E-state index in [1.54, 1.807) is 19.9 Å². The van der Waals surface area contributed by atoms with Gasteiger partial charge in [0, 0.05) is 24.8 Å². The van der Waals surface area contributed by atoms with Crippen LogP contribution in [-0.4, -0.2) is 18.7 Å². The molecule has 84 valence electrons. The molecule has 0 saturated carbocycles. The molecule has 0 heterocycles. The molecule has 1 rings (SSSR count). The maximum absolute atomic E-state index is 13.4. The van der Waals surface area contributed by atoms with Crippen molar-refractivity contribution in [3.05, 3.63) is 29.1 Å². The van der Waals surface area contributed by atoms with Gasteiger partial charge in [0.05, 0.1) is 6.10 Å². The largest absolute Gasteiger partial charge is 0.389 e. The number of aliphatic hydroxyl groups excluding tert-OH is 1. The third kappa shape index (κ3) is 2.48. The number of nitrogens with zero attached hydrogens (tertiary/aromatic N) is 1. The Morgan fingerprint density at radius 2 is 2.07 bits per heavy atom. The lowest BCUT2D eigenvalue weighted by molar-refractivity contribution is 0.199. The van der Waals surface area contributed by atoms with Crippen molar-refractivity contribution in [1.82, 2.24) is 0 Å². The zero-order chi connectivity index (χ0) is 11.6. The van der Waals surface area contributed by atoms with Gasteiger partial charge in [0.25, 0.3) is 0 Å². The van der Waals surface area contributed by atoms with E-state index in [4.69, 9.17) is 0 Å². The molecule has 0 aromatic heterocycles. The molecule has 2 nitrogen and oxygen atoms in total. The number of aliphatic hydroxyl groups is 1. The Labute approximate surface area is 90.3 Å². The van der Waals surface area contributed by atoms with E-state index in [2.05, 4.69) is 0 Å². The lowest BCUT2D eigenvalue weighted by Gasteiger charge is -2.23. The zero-order valence-electron chi connectivity index (χ0n) is 9.71. The van der Waals surface area contributed by atoms with E-state index in [1.807, 2.05) is 18.9 Å². The fraction of sp³-hybridized carbons (Fsp3) is 0.500. The van der Waals surface area contributed by atoms with Gasteiger partial charge in [0.15, 0.2) is 0 Å². The number of aryl methyl sites for hydroxylation is 1. The van der Waals surface area contributed by atoms with E-state index < -0.39 is 6.10 Å². The predicted octanol–water partition coefficient (Wildman–Crippen LogP) is 2.64. The minimum atomic E-state index is -0.649. The first-order valence-electron chi connectivity index (χ1n) is 5.16. The Morgan fingerprint density at radius 1 is 1.47 bits per heavy atom. The highest BCUT2D eigenvalue weighted by molar-refractivity contribution is 5.56. The van der Waals surface area contributed by atoms with Crippen LogP contribution in [0, 0.1) is 12.7 Å². The zero-order valence-corrected chi connectivity index (χ0v) is 9.71. The van der Waals surface area contributed by atoms with Crippen LogP contribution in [0.5, 0.6) is 0 Å². The van der Waals surface area contributed by atoms with E-state index in [0.29, 0.717) is 11.1 Å². The average molecular weight is 211 g/mol. The molecule has 1 N–H and O–H groups in total. The minimum Gasteiger partial charge on any atom is -0.389 e. The van der Waals surface area contributed by atoms with E-state index in [0.717, 1.165) is 12.2 Å². The summed E-state index contributed by atoms with van der Waals surface area (Å²) >= 11 is 0. The SMILES string of the molecule is CCN(C)c1cc(C)c(F)cc1[C@@H](C)O. The molecular formula is C12H18FNO. The minimum absolute atomic E-state index is 0.265. The third-order valence-corrected chi connectivity index (χ3v) is 2.64. The fourth-order valence-electron chi connectivity index (χ4n) is 1.52. The van der Waals surface area contributed by atoms with Crippen LogP contribution in [0.1, 0.15) is 31.1 Å². The van der Waals surface area contributed by atoms with Gasteiger partial charge in [0.2, 0.25) is 0 Å². The summed E-state index contributed by atoms with van der Waals surface area (Å²) in [6.07, 6.45) is -0.649. The first-order valence-corrected chi connectivity index (χ1v) is 5.16. The van der Waals surface area contributed by atoms with E-state index in [1.165, 1.54) is 6.07 Å². The number of benzene rings is 1. The highest BCUT2D eigenvalue weighted by Crippen LogP contribution is 2.28. The number of hydrogen-bond donors (Lipinski definition) is 1. The Kier molecular flexibility index (Phi) is 3.69. The first kappa shape index (κ1) is 12.0. The highest BCUT2D eigenvalue weighted by atomic mass is 19.1. The molecule has 0 aliphatic heterocycles. The molecule has 0 fully saturated rings. The van der Waals surface area contributed by atoms with Crippen LogP contribution in [0.25, 0.3) is 0 Å². The monoisotopic (exact) mass is 211 g/mol. The van der Waals surface area contributed by atoms with Crippen molar-refractivity contribution in [2.45, 2.75) is 26.9 Å². The summed E-state index contributed by atoms with van der Waals surface area (Å²) in [5.74, 6) is -0.265. The lowest BCUT2D eigenvalue weighted by Crippen LogP contribution is -2.18. The Morgan fingerprint density at radius 3 is 2.53 bits per heavy atom. The fourth-order valence-corrected chi connectivity index (χ4v) is 1.52. The number of halogens is 1. The molecule has 1 aromatic rings. The average Bonchev–Trinajstić information content (AvgIpc) is 2.20. The van der Waals surface area contributed by atoms with Crippen molar-refractivity contribution < 1.29 is 9.50 Å². The van der Waals surface area contributed by atoms with Gasteiger partial charge in [-0.25, -0.2) is 4.39 Å². The van der Waals surface area contributed by atoms with Crippen LogP contribution in [0.4, 0.5) is 10.1 Å². The molecule has 0 spiro atoms. The van der Waals surface area contributed by atoms with Gasteiger partial charge in [-0.05, 0) is 38.5 Å². The summed E-state index contributed by atoms with van der Waals surface area (Å²) in [6, 6.07) is 3.20. The predicted molar refractivity (Wildman–Crippen MR) is 60.7 cm³/mol. The van der Waals surface area contributed by atoms with Gasteiger partial charge in [-0.2, -0.15) is 0 Å². The molecule has 0 amide bonds. The van der Waals surface area contributed by atoms with E-state index in [9.17, 15) is 9.50 Å². The van der Waals surface area contributed by atoms with Crippen LogP contribution < -0.4 is 4.90 Å². The summed E-state index contributed by atoms with van der Waals surface area (Å²) < 4.78 is 13.4. The Bertz CT molecular complexity index is 350. The van der Waals surface area contributed by atoms with Gasteiger partial charge in [0.1, 0.15) is 5.82 Å². The van der Waals surface area contributed by atoms with Crippen LogP contribution in [0.2, 0.25) is 0 Å². The molecule has 0 unspecified atom stereocenters. The molecular weight excluding hydrogens is 193 g/mol. The van der Waals surface area contributed by atoms with E-state index in [-0.39, 0.29) is 5.82 Å². The van der Waals surface area contributed by atoms with Crippen LogP contribution in [0.3, 0.4) is 0 Å². The quantitative estimate of drug-likeness (QED) is 0.830. The smallest absolute Gasteiger partial charge is 0.126 e. The molecule has 0 saturated heterocycles. The maximum atomic E-state index is 13.4. The molecule has 3 heteroatoms. The molecule has 15 heavy (non-hydrogen) atoms. The summed E-state index contributed by atoms with van der Waals surface area (Å²) in [7, 11) is 1.93. The second kappa shape index (κ2) is 4.62. The Balaban J connectivity index is 3.28. The van der Waals surface area contributed by atoms with Gasteiger partial charge >= 0.3 is 0 Å². The molecule has 0 aliphatic carbocycles. The summed E-state index contributed by atoms with van der Waals surface area (Å²) in [6.45, 7) is 6.22. The summed E-state index contributed by atoms with van der Waals surface area (Å²) in [4.78, 5) is 1.99. The van der Waals surface area contributed by atoms with Crippen molar-refractivity contribution in [2.24, 2.45) is 0 Å². The van der Waals surface area contributed by atoms with Crippen LogP contribution in [-0.2, 0) is 0 Å². The number of rotatable bonds is 3. The second-order valence-corrected chi connectivity index (χ2v) is 3.85. The molecule has 1 aromatic carbocycles.